The van der Waals surface area contributed by atoms with Gasteiger partial charge in [0.25, 0.3) is 0 Å². The molecule has 2 aromatic rings. The van der Waals surface area contributed by atoms with Crippen LogP contribution in [0.15, 0.2) is 41.5 Å². The molecule has 0 saturated heterocycles. The largest absolute Gasteiger partial charge is 0.329 e. The van der Waals surface area contributed by atoms with Crippen LogP contribution in [-0.4, -0.2) is 18.0 Å². The maximum Gasteiger partial charge on any atom is 0.329 e. The molecular formula is C17H15Cl2N3O2. The molecule has 2 N–H and O–H groups in total. The molecule has 0 fully saturated rings. The number of hydrogen-bond acceptors (Lipinski definition) is 3. The van der Waals surface area contributed by atoms with Gasteiger partial charge in [0.15, 0.2) is 0 Å². The lowest BCUT2D eigenvalue weighted by Crippen LogP contribution is -2.32. The zero-order chi connectivity index (χ0) is 17.7. The van der Waals surface area contributed by atoms with Crippen LogP contribution in [-0.2, 0) is 9.59 Å². The van der Waals surface area contributed by atoms with Crippen molar-refractivity contribution in [3.8, 4) is 0 Å². The van der Waals surface area contributed by atoms with Crippen LogP contribution >= 0.6 is 23.2 Å². The molecule has 0 unspecified atom stereocenters. The van der Waals surface area contributed by atoms with Crippen molar-refractivity contribution < 1.29 is 9.59 Å². The molecule has 0 heterocycles. The number of carbonyl (C=O) groups excluding carboxylic acids is 2. The van der Waals surface area contributed by atoms with Crippen LogP contribution in [0, 0.1) is 13.8 Å². The molecule has 0 aliphatic rings. The number of nitrogens with zero attached hydrogens (tertiary/aromatic N) is 1. The van der Waals surface area contributed by atoms with Gasteiger partial charge in [0.2, 0.25) is 0 Å². The van der Waals surface area contributed by atoms with Gasteiger partial charge < -0.3 is 5.32 Å². The molecule has 0 spiro atoms. The van der Waals surface area contributed by atoms with Crippen molar-refractivity contribution >= 4 is 46.9 Å². The van der Waals surface area contributed by atoms with Gasteiger partial charge in [-0.05, 0) is 43.2 Å². The van der Waals surface area contributed by atoms with Crippen molar-refractivity contribution in [2.45, 2.75) is 13.8 Å². The molecule has 0 saturated carbocycles. The van der Waals surface area contributed by atoms with E-state index >= 15 is 0 Å². The second-order valence-corrected chi connectivity index (χ2v) is 5.96. The molecular weight excluding hydrogens is 349 g/mol. The number of anilines is 1. The van der Waals surface area contributed by atoms with Gasteiger partial charge in [0, 0.05) is 11.3 Å². The maximum atomic E-state index is 11.9. The summed E-state index contributed by atoms with van der Waals surface area (Å²) >= 11 is 11.9. The van der Waals surface area contributed by atoms with E-state index in [4.69, 9.17) is 23.2 Å². The maximum absolute atomic E-state index is 11.9. The van der Waals surface area contributed by atoms with Gasteiger partial charge in [-0.15, -0.1) is 0 Å². The minimum Gasteiger partial charge on any atom is -0.318 e. The van der Waals surface area contributed by atoms with Crippen molar-refractivity contribution in [2.75, 3.05) is 5.32 Å². The van der Waals surface area contributed by atoms with E-state index in [0.717, 1.165) is 11.1 Å². The Labute approximate surface area is 149 Å². The molecule has 2 rings (SSSR count). The Kier molecular flexibility index (Phi) is 5.95. The standard InChI is InChI=1S/C17H15Cl2N3O2/c1-10-6-11(2)8-13(7-10)21-16(23)17(24)22-20-9-12-4-3-5-14(18)15(12)19/h3-9H,1-2H3,(H,21,23)(H,22,24)/b20-9+. The minimum absolute atomic E-state index is 0.317. The molecule has 2 aromatic carbocycles. The highest BCUT2D eigenvalue weighted by Gasteiger charge is 2.13. The molecule has 0 atom stereocenters. The summed E-state index contributed by atoms with van der Waals surface area (Å²) in [5, 5.41) is 6.92. The second-order valence-electron chi connectivity index (χ2n) is 5.17. The highest BCUT2D eigenvalue weighted by atomic mass is 35.5. The first-order chi connectivity index (χ1) is 11.4. The molecule has 2 amide bonds. The lowest BCUT2D eigenvalue weighted by atomic mass is 10.1. The highest BCUT2D eigenvalue weighted by Crippen LogP contribution is 2.24. The molecule has 0 radical (unpaired) electrons. The van der Waals surface area contributed by atoms with Crippen LogP contribution < -0.4 is 10.7 Å². The smallest absolute Gasteiger partial charge is 0.318 e. The SMILES string of the molecule is Cc1cc(C)cc(NC(=O)C(=O)N/N=C/c2cccc(Cl)c2Cl)c1. The zero-order valence-electron chi connectivity index (χ0n) is 13.1. The molecule has 7 heteroatoms. The number of benzene rings is 2. The van der Waals surface area contributed by atoms with E-state index in [1.807, 2.05) is 19.9 Å². The molecule has 0 aliphatic heterocycles. The van der Waals surface area contributed by atoms with Gasteiger partial charge in [0.1, 0.15) is 0 Å². The predicted octanol–water partition coefficient (Wildman–Crippen LogP) is 3.70. The minimum atomic E-state index is -0.886. The zero-order valence-corrected chi connectivity index (χ0v) is 14.6. The summed E-state index contributed by atoms with van der Waals surface area (Å²) < 4.78 is 0. The van der Waals surface area contributed by atoms with Crippen molar-refractivity contribution in [3.63, 3.8) is 0 Å². The molecule has 124 valence electrons. The summed E-state index contributed by atoms with van der Waals surface area (Å²) in [7, 11) is 0. The first kappa shape index (κ1) is 18.0. The molecule has 24 heavy (non-hydrogen) atoms. The van der Waals surface area contributed by atoms with Gasteiger partial charge in [0.05, 0.1) is 16.3 Å². The number of aryl methyl sites for hydroxylation is 2. The summed E-state index contributed by atoms with van der Waals surface area (Å²) in [6, 6.07) is 10.5. The number of nitrogens with one attached hydrogen (secondary N) is 2. The molecule has 0 aliphatic carbocycles. The third kappa shape index (κ3) is 4.81. The lowest BCUT2D eigenvalue weighted by Gasteiger charge is -2.06. The number of rotatable bonds is 3. The number of carbonyl (C=O) groups is 2. The fraction of sp³-hybridized carbons (Fsp3) is 0.118. The lowest BCUT2D eigenvalue weighted by molar-refractivity contribution is -0.136. The van der Waals surface area contributed by atoms with Gasteiger partial charge in [-0.1, -0.05) is 41.4 Å². The van der Waals surface area contributed by atoms with Gasteiger partial charge in [-0.25, -0.2) is 5.43 Å². The Morgan fingerprint density at radius 1 is 1.04 bits per heavy atom. The van der Waals surface area contributed by atoms with Crippen LogP contribution in [0.3, 0.4) is 0 Å². The highest BCUT2D eigenvalue weighted by molar-refractivity contribution is 6.43. The van der Waals surface area contributed by atoms with Crippen LogP contribution in [0.25, 0.3) is 0 Å². The molecule has 5 nitrogen and oxygen atoms in total. The van der Waals surface area contributed by atoms with Crippen LogP contribution in [0.4, 0.5) is 5.69 Å². The summed E-state index contributed by atoms with van der Waals surface area (Å²) in [6.45, 7) is 3.81. The summed E-state index contributed by atoms with van der Waals surface area (Å²) in [4.78, 5) is 23.6. The fourth-order valence-corrected chi connectivity index (χ4v) is 2.42. The monoisotopic (exact) mass is 363 g/mol. The van der Waals surface area contributed by atoms with Crippen LogP contribution in [0.1, 0.15) is 16.7 Å². The Morgan fingerprint density at radius 3 is 2.38 bits per heavy atom. The van der Waals surface area contributed by atoms with E-state index in [0.29, 0.717) is 21.3 Å². The third-order valence-corrected chi connectivity index (χ3v) is 3.87. The van der Waals surface area contributed by atoms with Crippen LogP contribution in [0.2, 0.25) is 10.0 Å². The Morgan fingerprint density at radius 2 is 1.71 bits per heavy atom. The van der Waals surface area contributed by atoms with Crippen LogP contribution in [0.5, 0.6) is 0 Å². The predicted molar refractivity (Wildman–Crippen MR) is 96.7 cm³/mol. The fourth-order valence-electron chi connectivity index (χ4n) is 2.07. The van der Waals surface area contributed by atoms with E-state index in [-0.39, 0.29) is 0 Å². The topological polar surface area (TPSA) is 70.6 Å². The first-order valence-electron chi connectivity index (χ1n) is 7.03. The number of amides is 2. The molecule has 0 bridgehead atoms. The van der Waals surface area contributed by atoms with E-state index in [1.165, 1.54) is 6.21 Å². The van der Waals surface area contributed by atoms with Crippen molar-refractivity contribution in [1.82, 2.24) is 5.43 Å². The quantitative estimate of drug-likeness (QED) is 0.495. The van der Waals surface area contributed by atoms with E-state index < -0.39 is 11.8 Å². The van der Waals surface area contributed by atoms with Crippen molar-refractivity contribution in [2.24, 2.45) is 5.10 Å². The van der Waals surface area contributed by atoms with Gasteiger partial charge in [-0.3, -0.25) is 9.59 Å². The summed E-state index contributed by atoms with van der Waals surface area (Å²) in [5.41, 5.74) is 5.19. The van der Waals surface area contributed by atoms with Crippen molar-refractivity contribution in [1.29, 1.82) is 0 Å². The van der Waals surface area contributed by atoms with Gasteiger partial charge in [-0.2, -0.15) is 5.10 Å². The third-order valence-electron chi connectivity index (χ3n) is 3.04. The Bertz CT molecular complexity index is 799. The Balaban J connectivity index is 1.98. The number of hydrazone groups is 1. The summed E-state index contributed by atoms with van der Waals surface area (Å²) in [5.74, 6) is -1.70. The first-order valence-corrected chi connectivity index (χ1v) is 7.79. The average Bonchev–Trinajstić information content (AvgIpc) is 2.50. The van der Waals surface area contributed by atoms with E-state index in [1.54, 1.807) is 30.3 Å². The van der Waals surface area contributed by atoms with Crippen molar-refractivity contribution in [3.05, 3.63) is 63.1 Å². The van der Waals surface area contributed by atoms with E-state index in [2.05, 4.69) is 15.8 Å². The second kappa shape index (κ2) is 7.95. The number of halogens is 2. The summed E-state index contributed by atoms with van der Waals surface area (Å²) in [6.07, 6.45) is 1.32. The number of hydrogen-bond donors (Lipinski definition) is 2. The molecule has 0 aromatic heterocycles. The van der Waals surface area contributed by atoms with Gasteiger partial charge >= 0.3 is 11.8 Å². The Hall–Kier alpha value is -2.37. The van der Waals surface area contributed by atoms with E-state index in [9.17, 15) is 9.59 Å². The normalized spacial score (nSPS) is 10.7. The average molecular weight is 364 g/mol.